The molecule has 146 valence electrons. The van der Waals surface area contributed by atoms with Crippen molar-refractivity contribution in [3.63, 3.8) is 0 Å². The lowest BCUT2D eigenvalue weighted by atomic mass is 10.0. The number of hydrogen-bond acceptors (Lipinski definition) is 6. The molecule has 1 aromatic carbocycles. The van der Waals surface area contributed by atoms with E-state index in [2.05, 4.69) is 10.2 Å². The van der Waals surface area contributed by atoms with Gasteiger partial charge in [0.25, 0.3) is 11.8 Å². The molecule has 4 amide bonds. The van der Waals surface area contributed by atoms with Crippen LogP contribution in [0.25, 0.3) is 0 Å². The van der Waals surface area contributed by atoms with E-state index >= 15 is 0 Å². The molecule has 28 heavy (non-hydrogen) atoms. The number of carbonyl (C=O) groups excluding carboxylic acids is 4. The van der Waals surface area contributed by atoms with E-state index in [9.17, 15) is 19.2 Å². The molecular formula is C20H22N4O4. The fourth-order valence-electron chi connectivity index (χ4n) is 4.87. The second kappa shape index (κ2) is 5.96. The summed E-state index contributed by atoms with van der Waals surface area (Å²) in [4.78, 5) is 52.5. The van der Waals surface area contributed by atoms with Crippen molar-refractivity contribution in [2.24, 2.45) is 5.73 Å². The average molecular weight is 382 g/mol. The molecule has 0 aromatic heterocycles. The summed E-state index contributed by atoms with van der Waals surface area (Å²) in [7, 11) is 0. The molecule has 4 aliphatic rings. The predicted octanol–water partition coefficient (Wildman–Crippen LogP) is 0.153. The van der Waals surface area contributed by atoms with E-state index in [1.54, 1.807) is 12.1 Å². The van der Waals surface area contributed by atoms with Gasteiger partial charge in [-0.15, -0.1) is 0 Å². The van der Waals surface area contributed by atoms with Crippen LogP contribution in [0.15, 0.2) is 18.2 Å². The Morgan fingerprint density at radius 1 is 1.14 bits per heavy atom. The zero-order valence-electron chi connectivity index (χ0n) is 15.4. The molecule has 1 aliphatic carbocycles. The van der Waals surface area contributed by atoms with E-state index in [0.717, 1.165) is 36.3 Å². The number of likely N-dealkylation sites (tertiary alicyclic amines) is 1. The summed E-state index contributed by atoms with van der Waals surface area (Å²) < 4.78 is 0. The lowest BCUT2D eigenvalue weighted by molar-refractivity contribution is -0.136. The van der Waals surface area contributed by atoms with Gasteiger partial charge in [-0.2, -0.15) is 0 Å². The number of imide groups is 2. The van der Waals surface area contributed by atoms with Gasteiger partial charge in [0.15, 0.2) is 0 Å². The Morgan fingerprint density at radius 3 is 2.71 bits per heavy atom. The maximum absolute atomic E-state index is 12.9. The van der Waals surface area contributed by atoms with Gasteiger partial charge in [-0.3, -0.25) is 34.3 Å². The minimum atomic E-state index is -0.931. The monoisotopic (exact) mass is 382 g/mol. The van der Waals surface area contributed by atoms with Crippen LogP contribution in [-0.2, 0) is 16.1 Å². The number of amides is 4. The second-order valence-corrected chi connectivity index (χ2v) is 8.35. The molecule has 0 bridgehead atoms. The number of rotatable bonds is 3. The van der Waals surface area contributed by atoms with Crippen LogP contribution < -0.4 is 11.1 Å². The number of nitrogens with zero attached hydrogens (tertiary/aromatic N) is 2. The zero-order chi connectivity index (χ0) is 19.6. The summed E-state index contributed by atoms with van der Waals surface area (Å²) >= 11 is 0. The standard InChI is InChI=1S/C20H22N4O4/c21-20-6-1-7-23(15(20)9-20)10-11-2-3-12-13(8-11)19(28)24(18(12)27)14-4-5-16(25)22-17(14)26/h2-3,8,14-15H,1,4-7,9-10,21H2,(H,22,25,26). The average Bonchev–Trinajstić information content (AvgIpc) is 3.30. The predicted molar refractivity (Wildman–Crippen MR) is 98.1 cm³/mol. The van der Waals surface area contributed by atoms with Crippen LogP contribution in [0.3, 0.4) is 0 Å². The first-order valence-corrected chi connectivity index (χ1v) is 9.75. The fourth-order valence-corrected chi connectivity index (χ4v) is 4.87. The SMILES string of the molecule is NC12CCCN(Cc3ccc4c(c3)C(=O)N(C3CCC(=O)NC3=O)C4=O)C1C2. The lowest BCUT2D eigenvalue weighted by Crippen LogP contribution is -2.54. The molecule has 3 heterocycles. The highest BCUT2D eigenvalue weighted by Gasteiger charge is 2.55. The van der Waals surface area contributed by atoms with E-state index in [-0.39, 0.29) is 24.3 Å². The normalized spacial score (nSPS) is 32.2. The summed E-state index contributed by atoms with van der Waals surface area (Å²) in [6, 6.07) is 4.76. The second-order valence-electron chi connectivity index (χ2n) is 8.35. The third-order valence-electron chi connectivity index (χ3n) is 6.50. The largest absolute Gasteiger partial charge is 0.324 e. The number of piperidine rings is 2. The van der Waals surface area contributed by atoms with E-state index in [4.69, 9.17) is 5.73 Å². The number of fused-ring (bicyclic) bond motifs is 2. The molecule has 3 atom stereocenters. The minimum Gasteiger partial charge on any atom is -0.324 e. The van der Waals surface area contributed by atoms with Crippen LogP contribution >= 0.6 is 0 Å². The Morgan fingerprint density at radius 2 is 1.93 bits per heavy atom. The summed E-state index contributed by atoms with van der Waals surface area (Å²) in [5.41, 5.74) is 7.90. The van der Waals surface area contributed by atoms with Crippen LogP contribution in [0.5, 0.6) is 0 Å². The molecule has 3 aliphatic heterocycles. The highest BCUT2D eigenvalue weighted by molar-refractivity contribution is 6.23. The van der Waals surface area contributed by atoms with Crippen molar-refractivity contribution in [1.82, 2.24) is 15.1 Å². The van der Waals surface area contributed by atoms with Gasteiger partial charge in [-0.25, -0.2) is 0 Å². The molecule has 1 aromatic rings. The van der Waals surface area contributed by atoms with Crippen molar-refractivity contribution in [1.29, 1.82) is 0 Å². The van der Waals surface area contributed by atoms with Crippen molar-refractivity contribution >= 4 is 23.6 Å². The smallest absolute Gasteiger partial charge is 0.262 e. The van der Waals surface area contributed by atoms with Gasteiger partial charge in [0, 0.05) is 24.5 Å². The molecule has 8 heteroatoms. The van der Waals surface area contributed by atoms with E-state index in [1.165, 1.54) is 0 Å². The van der Waals surface area contributed by atoms with Crippen LogP contribution in [0.2, 0.25) is 0 Å². The molecule has 1 saturated carbocycles. The maximum atomic E-state index is 12.9. The van der Waals surface area contributed by atoms with Gasteiger partial charge >= 0.3 is 0 Å². The summed E-state index contributed by atoms with van der Waals surface area (Å²) in [6.45, 7) is 1.67. The fraction of sp³-hybridized carbons (Fsp3) is 0.500. The Labute approximate surface area is 162 Å². The van der Waals surface area contributed by atoms with Crippen LogP contribution in [0.1, 0.15) is 58.4 Å². The van der Waals surface area contributed by atoms with Gasteiger partial charge in [0.1, 0.15) is 6.04 Å². The van der Waals surface area contributed by atoms with E-state index in [1.807, 2.05) is 6.07 Å². The third kappa shape index (κ3) is 2.59. The van der Waals surface area contributed by atoms with Crippen molar-refractivity contribution < 1.29 is 19.2 Å². The quantitative estimate of drug-likeness (QED) is 0.720. The number of nitrogens with two attached hydrogens (primary N) is 1. The summed E-state index contributed by atoms with van der Waals surface area (Å²) in [5, 5.41) is 2.21. The molecular weight excluding hydrogens is 360 g/mol. The molecule has 5 rings (SSSR count). The molecule has 8 nitrogen and oxygen atoms in total. The molecule has 3 N–H and O–H groups in total. The number of hydrogen-bond donors (Lipinski definition) is 2. The van der Waals surface area contributed by atoms with Gasteiger partial charge < -0.3 is 5.73 Å². The number of carbonyl (C=O) groups is 4. The molecule has 2 saturated heterocycles. The molecule has 0 spiro atoms. The topological polar surface area (TPSA) is 113 Å². The highest BCUT2D eigenvalue weighted by atomic mass is 16.2. The molecule has 3 fully saturated rings. The Hall–Kier alpha value is -2.58. The van der Waals surface area contributed by atoms with Crippen molar-refractivity contribution in [2.45, 2.75) is 56.3 Å². The lowest BCUT2D eigenvalue weighted by Gasteiger charge is -2.30. The minimum absolute atomic E-state index is 0.0522. The van der Waals surface area contributed by atoms with Crippen molar-refractivity contribution in [2.75, 3.05) is 6.54 Å². The Kier molecular flexibility index (Phi) is 3.73. The van der Waals surface area contributed by atoms with E-state index < -0.39 is 23.8 Å². The summed E-state index contributed by atoms with van der Waals surface area (Å²) in [6.07, 6.45) is 3.42. The Balaban J connectivity index is 1.37. The van der Waals surface area contributed by atoms with Gasteiger partial charge in [0.05, 0.1) is 11.1 Å². The number of benzene rings is 1. The van der Waals surface area contributed by atoms with Crippen LogP contribution in [0, 0.1) is 0 Å². The molecule has 0 radical (unpaired) electrons. The van der Waals surface area contributed by atoms with E-state index in [0.29, 0.717) is 23.7 Å². The zero-order valence-corrected chi connectivity index (χ0v) is 15.4. The van der Waals surface area contributed by atoms with Crippen molar-refractivity contribution in [3.05, 3.63) is 34.9 Å². The van der Waals surface area contributed by atoms with Gasteiger partial charge in [0.2, 0.25) is 11.8 Å². The van der Waals surface area contributed by atoms with Crippen molar-refractivity contribution in [3.8, 4) is 0 Å². The maximum Gasteiger partial charge on any atom is 0.262 e. The first kappa shape index (κ1) is 17.5. The first-order chi connectivity index (χ1) is 13.4. The Bertz CT molecular complexity index is 929. The summed E-state index contributed by atoms with van der Waals surface area (Å²) in [5.74, 6) is -1.90. The molecule has 3 unspecified atom stereocenters. The highest BCUT2D eigenvalue weighted by Crippen LogP contribution is 2.45. The van der Waals surface area contributed by atoms with Gasteiger partial charge in [-0.05, 0) is 49.9 Å². The van der Waals surface area contributed by atoms with Crippen LogP contribution in [-0.4, -0.2) is 57.6 Å². The number of nitrogens with one attached hydrogen (secondary N) is 1. The van der Waals surface area contributed by atoms with Gasteiger partial charge in [-0.1, -0.05) is 6.07 Å². The first-order valence-electron chi connectivity index (χ1n) is 9.75. The third-order valence-corrected chi connectivity index (χ3v) is 6.50. The van der Waals surface area contributed by atoms with Crippen LogP contribution in [0.4, 0.5) is 0 Å².